The molecule has 0 saturated heterocycles. The van der Waals surface area contributed by atoms with Gasteiger partial charge in [-0.25, -0.2) is 9.97 Å². The number of hydrogen-bond acceptors (Lipinski definition) is 5. The zero-order valence-corrected chi connectivity index (χ0v) is 14.0. The summed E-state index contributed by atoms with van der Waals surface area (Å²) in [5, 5.41) is 7.72. The summed E-state index contributed by atoms with van der Waals surface area (Å²) < 4.78 is 0. The number of nitrogens with one attached hydrogen (secondary N) is 2. The molecule has 7 heteroatoms. The fourth-order valence-corrected chi connectivity index (χ4v) is 3.15. The zero-order valence-electron chi connectivity index (χ0n) is 12.5. The lowest BCUT2D eigenvalue weighted by atomic mass is 10.2. The quantitative estimate of drug-likeness (QED) is 0.694. The van der Waals surface area contributed by atoms with Crippen LogP contribution >= 0.6 is 22.9 Å². The molecule has 5 nitrogen and oxygen atoms in total. The number of carbonyl (C=O) groups is 1. The van der Waals surface area contributed by atoms with E-state index in [2.05, 4.69) is 26.7 Å². The molecule has 3 aromatic rings. The predicted molar refractivity (Wildman–Crippen MR) is 94.4 cm³/mol. The van der Waals surface area contributed by atoms with Gasteiger partial charge in [-0.2, -0.15) is 0 Å². The predicted octanol–water partition coefficient (Wildman–Crippen LogP) is 3.50. The maximum atomic E-state index is 12.0. The Morgan fingerprint density at radius 1 is 1.22 bits per heavy atom. The number of anilines is 1. The van der Waals surface area contributed by atoms with E-state index in [1.54, 1.807) is 41.9 Å². The summed E-state index contributed by atoms with van der Waals surface area (Å²) in [5.74, 6) is 0.669. The number of rotatable bonds is 5. The van der Waals surface area contributed by atoms with Gasteiger partial charge in [-0.1, -0.05) is 11.6 Å². The monoisotopic (exact) mass is 346 g/mol. The highest BCUT2D eigenvalue weighted by molar-refractivity contribution is 7.18. The third kappa shape index (κ3) is 3.78. The summed E-state index contributed by atoms with van der Waals surface area (Å²) >= 11 is 7.44. The van der Waals surface area contributed by atoms with Crippen LogP contribution in [0.3, 0.4) is 0 Å². The molecule has 2 N–H and O–H groups in total. The van der Waals surface area contributed by atoms with Gasteiger partial charge in [-0.3, -0.25) is 4.79 Å². The third-order valence-corrected chi connectivity index (χ3v) is 4.47. The summed E-state index contributed by atoms with van der Waals surface area (Å²) in [5.41, 5.74) is 0.590. The summed E-state index contributed by atoms with van der Waals surface area (Å²) in [6.45, 7) is 3.12. The first-order valence-electron chi connectivity index (χ1n) is 7.12. The summed E-state index contributed by atoms with van der Waals surface area (Å²) in [6, 6.07) is 8.87. The number of halogens is 1. The molecule has 1 aromatic carbocycles. The third-order valence-electron chi connectivity index (χ3n) is 3.26. The highest BCUT2D eigenvalue weighted by Crippen LogP contribution is 2.27. The fraction of sp³-hybridized carbons (Fsp3) is 0.188. The number of aromatic nitrogens is 2. The Bertz CT molecular complexity index is 832. The van der Waals surface area contributed by atoms with Gasteiger partial charge in [0.25, 0.3) is 5.91 Å². The number of thiophene rings is 1. The van der Waals surface area contributed by atoms with Gasteiger partial charge in [-0.05, 0) is 37.3 Å². The van der Waals surface area contributed by atoms with E-state index in [-0.39, 0.29) is 5.91 Å². The van der Waals surface area contributed by atoms with Crippen LogP contribution in [0.1, 0.15) is 15.2 Å². The Labute approximate surface area is 142 Å². The van der Waals surface area contributed by atoms with Crippen LogP contribution in [-0.4, -0.2) is 29.0 Å². The smallest absolute Gasteiger partial charge is 0.251 e. The van der Waals surface area contributed by atoms with Crippen LogP contribution in [0.15, 0.2) is 36.7 Å². The molecular formula is C16H15ClN4OS. The van der Waals surface area contributed by atoms with E-state index < -0.39 is 0 Å². The first-order chi connectivity index (χ1) is 11.1. The minimum absolute atomic E-state index is 0.123. The minimum atomic E-state index is -0.123. The maximum absolute atomic E-state index is 12.0. The van der Waals surface area contributed by atoms with Crippen molar-refractivity contribution < 1.29 is 4.79 Å². The highest BCUT2D eigenvalue weighted by Gasteiger charge is 2.07. The molecule has 0 aliphatic carbocycles. The van der Waals surface area contributed by atoms with Crippen molar-refractivity contribution in [3.8, 4) is 0 Å². The van der Waals surface area contributed by atoms with Crippen molar-refractivity contribution in [3.63, 3.8) is 0 Å². The summed E-state index contributed by atoms with van der Waals surface area (Å²) in [7, 11) is 0. The van der Waals surface area contributed by atoms with Crippen LogP contribution in [0.25, 0.3) is 10.2 Å². The second-order valence-corrected chi connectivity index (χ2v) is 6.66. The molecule has 0 atom stereocenters. The Morgan fingerprint density at radius 2 is 2.00 bits per heavy atom. The van der Waals surface area contributed by atoms with E-state index in [0.717, 1.165) is 16.0 Å². The van der Waals surface area contributed by atoms with Crippen molar-refractivity contribution in [2.45, 2.75) is 6.92 Å². The second-order valence-electron chi connectivity index (χ2n) is 4.99. The normalized spacial score (nSPS) is 10.7. The van der Waals surface area contributed by atoms with Crippen molar-refractivity contribution in [2.24, 2.45) is 0 Å². The maximum Gasteiger partial charge on any atom is 0.251 e. The lowest BCUT2D eigenvalue weighted by Gasteiger charge is -2.08. The first-order valence-corrected chi connectivity index (χ1v) is 8.32. The van der Waals surface area contributed by atoms with E-state index in [1.807, 2.05) is 6.92 Å². The minimum Gasteiger partial charge on any atom is -0.368 e. The average molecular weight is 347 g/mol. The largest absolute Gasteiger partial charge is 0.368 e. The molecule has 1 amide bonds. The Hall–Kier alpha value is -2.18. The van der Waals surface area contributed by atoms with Crippen LogP contribution in [0.2, 0.25) is 5.02 Å². The van der Waals surface area contributed by atoms with Gasteiger partial charge in [0.1, 0.15) is 17.0 Å². The number of benzene rings is 1. The van der Waals surface area contributed by atoms with Gasteiger partial charge in [-0.15, -0.1) is 11.3 Å². The molecule has 0 radical (unpaired) electrons. The topological polar surface area (TPSA) is 66.9 Å². The standard InChI is InChI=1S/C16H15ClN4OS/c1-10-8-13-14(20-9-21-16(13)23-10)18-6-7-19-15(22)11-2-4-12(17)5-3-11/h2-5,8-9H,6-7H2,1H3,(H,19,22)(H,18,20,21). The molecule has 3 rings (SSSR count). The summed E-state index contributed by atoms with van der Waals surface area (Å²) in [4.78, 5) is 22.6. The van der Waals surface area contributed by atoms with Crippen LogP contribution < -0.4 is 10.6 Å². The van der Waals surface area contributed by atoms with Crippen LogP contribution in [-0.2, 0) is 0 Å². The molecule has 0 aliphatic rings. The van der Waals surface area contributed by atoms with Crippen molar-refractivity contribution in [3.05, 3.63) is 52.1 Å². The number of amides is 1. The number of aryl methyl sites for hydroxylation is 1. The Morgan fingerprint density at radius 3 is 2.78 bits per heavy atom. The Balaban J connectivity index is 1.55. The van der Waals surface area contributed by atoms with E-state index in [9.17, 15) is 4.79 Å². The molecular weight excluding hydrogens is 332 g/mol. The van der Waals surface area contributed by atoms with Gasteiger partial charge < -0.3 is 10.6 Å². The van der Waals surface area contributed by atoms with Crippen molar-refractivity contribution in [2.75, 3.05) is 18.4 Å². The Kier molecular flexibility index (Phi) is 4.73. The highest BCUT2D eigenvalue weighted by atomic mass is 35.5. The molecule has 0 bridgehead atoms. The molecule has 0 spiro atoms. The number of carbonyl (C=O) groups excluding carboxylic acids is 1. The SMILES string of the molecule is Cc1cc2c(NCCNC(=O)c3ccc(Cl)cc3)ncnc2s1. The van der Waals surface area contributed by atoms with E-state index in [4.69, 9.17) is 11.6 Å². The van der Waals surface area contributed by atoms with Gasteiger partial charge in [0, 0.05) is 28.6 Å². The number of hydrogen-bond donors (Lipinski definition) is 2. The average Bonchev–Trinajstić information content (AvgIpc) is 2.93. The van der Waals surface area contributed by atoms with E-state index in [0.29, 0.717) is 23.7 Å². The lowest BCUT2D eigenvalue weighted by molar-refractivity contribution is 0.0955. The molecule has 0 unspecified atom stereocenters. The van der Waals surface area contributed by atoms with Crippen molar-refractivity contribution in [1.82, 2.24) is 15.3 Å². The molecule has 0 saturated carbocycles. The van der Waals surface area contributed by atoms with Crippen LogP contribution in [0, 0.1) is 6.92 Å². The number of fused-ring (bicyclic) bond motifs is 1. The van der Waals surface area contributed by atoms with Gasteiger partial charge >= 0.3 is 0 Å². The molecule has 2 heterocycles. The molecule has 23 heavy (non-hydrogen) atoms. The molecule has 0 fully saturated rings. The zero-order chi connectivity index (χ0) is 16.2. The van der Waals surface area contributed by atoms with Gasteiger partial charge in [0.05, 0.1) is 5.39 Å². The van der Waals surface area contributed by atoms with E-state index >= 15 is 0 Å². The lowest BCUT2D eigenvalue weighted by Crippen LogP contribution is -2.28. The van der Waals surface area contributed by atoms with Gasteiger partial charge in [0.2, 0.25) is 0 Å². The first kappa shape index (κ1) is 15.7. The van der Waals surface area contributed by atoms with Gasteiger partial charge in [0.15, 0.2) is 0 Å². The fourth-order valence-electron chi connectivity index (χ4n) is 2.18. The van der Waals surface area contributed by atoms with Crippen LogP contribution in [0.5, 0.6) is 0 Å². The van der Waals surface area contributed by atoms with E-state index in [1.165, 1.54) is 4.88 Å². The van der Waals surface area contributed by atoms with Crippen molar-refractivity contribution in [1.29, 1.82) is 0 Å². The molecule has 2 aromatic heterocycles. The number of nitrogens with zero attached hydrogens (tertiary/aromatic N) is 2. The summed E-state index contributed by atoms with van der Waals surface area (Å²) in [6.07, 6.45) is 1.55. The molecule has 0 aliphatic heterocycles. The second kappa shape index (κ2) is 6.93. The van der Waals surface area contributed by atoms with Crippen molar-refractivity contribution >= 4 is 44.9 Å². The molecule has 118 valence electrons. The van der Waals surface area contributed by atoms with Crippen LogP contribution in [0.4, 0.5) is 5.82 Å².